The van der Waals surface area contributed by atoms with Crippen LogP contribution in [0.15, 0.2) is 34.8 Å². The smallest absolute Gasteiger partial charge is 0.312 e. The molecule has 2 aromatic rings. The van der Waals surface area contributed by atoms with E-state index in [9.17, 15) is 10.1 Å². The van der Waals surface area contributed by atoms with Crippen LogP contribution in [0, 0.1) is 17.0 Å². The molecule has 0 heterocycles. The Labute approximate surface area is 134 Å². The monoisotopic (exact) mass is 370 g/mol. The van der Waals surface area contributed by atoms with E-state index in [0.717, 1.165) is 0 Å². The molecule has 0 saturated heterocycles. The maximum Gasteiger partial charge on any atom is 0.312 e. The predicted octanol–water partition coefficient (Wildman–Crippen LogP) is 4.57. The quantitative estimate of drug-likeness (QED) is 0.630. The molecule has 0 fully saturated rings. The van der Waals surface area contributed by atoms with Gasteiger partial charge in [-0.1, -0.05) is 39.7 Å². The molecule has 5 nitrogen and oxygen atoms in total. The van der Waals surface area contributed by atoms with Gasteiger partial charge in [-0.15, -0.1) is 0 Å². The summed E-state index contributed by atoms with van der Waals surface area (Å²) < 4.78 is 6.34. The zero-order valence-corrected chi connectivity index (χ0v) is 13.4. The van der Waals surface area contributed by atoms with Gasteiger partial charge in [-0.3, -0.25) is 10.1 Å². The van der Waals surface area contributed by atoms with E-state index in [4.69, 9.17) is 22.1 Å². The molecule has 2 rings (SSSR count). The average Bonchev–Trinajstić information content (AvgIpc) is 2.42. The summed E-state index contributed by atoms with van der Waals surface area (Å²) in [6.45, 7) is 1.95. The highest BCUT2D eigenvalue weighted by atomic mass is 79.9. The lowest BCUT2D eigenvalue weighted by Gasteiger charge is -2.14. The van der Waals surface area contributed by atoms with E-state index < -0.39 is 4.92 Å². The fourth-order valence-corrected chi connectivity index (χ4v) is 2.70. The lowest BCUT2D eigenvalue weighted by atomic mass is 10.1. The van der Waals surface area contributed by atoms with Crippen molar-refractivity contribution in [1.82, 2.24) is 0 Å². The van der Waals surface area contributed by atoms with E-state index in [1.54, 1.807) is 31.2 Å². The van der Waals surface area contributed by atoms with Crippen molar-refractivity contribution < 1.29 is 9.66 Å². The maximum absolute atomic E-state index is 11.2. The van der Waals surface area contributed by atoms with Gasteiger partial charge in [0.1, 0.15) is 0 Å². The molecule has 0 aliphatic heterocycles. The highest BCUT2D eigenvalue weighted by Crippen LogP contribution is 2.40. The van der Waals surface area contributed by atoms with Crippen LogP contribution in [0.25, 0.3) is 0 Å². The molecule has 0 spiro atoms. The first-order chi connectivity index (χ1) is 9.93. The topological polar surface area (TPSA) is 78.4 Å². The largest absolute Gasteiger partial charge is 0.448 e. The van der Waals surface area contributed by atoms with Crippen molar-refractivity contribution >= 4 is 33.2 Å². The first-order valence-electron chi connectivity index (χ1n) is 6.04. The van der Waals surface area contributed by atoms with Crippen molar-refractivity contribution in [2.24, 2.45) is 5.73 Å². The molecule has 7 heteroatoms. The minimum absolute atomic E-state index is 0.134. The number of nitrogens with two attached hydrogens (primary N) is 1. The molecule has 2 aromatic carbocycles. The van der Waals surface area contributed by atoms with Crippen LogP contribution in [0.4, 0.5) is 5.69 Å². The molecule has 0 aliphatic carbocycles. The van der Waals surface area contributed by atoms with Crippen LogP contribution in [-0.2, 0) is 6.54 Å². The summed E-state index contributed by atoms with van der Waals surface area (Å²) in [6.07, 6.45) is 0. The van der Waals surface area contributed by atoms with Gasteiger partial charge >= 0.3 is 5.69 Å². The minimum Gasteiger partial charge on any atom is -0.448 e. The number of rotatable bonds is 4. The number of ether oxygens (including phenoxy) is 1. The number of nitro groups is 1. The Balaban J connectivity index is 2.57. The second-order valence-corrected chi connectivity index (χ2v) is 5.69. The molecule has 110 valence electrons. The summed E-state index contributed by atoms with van der Waals surface area (Å²) in [4.78, 5) is 10.7. The fourth-order valence-electron chi connectivity index (χ4n) is 1.91. The molecule has 0 amide bonds. The van der Waals surface area contributed by atoms with Gasteiger partial charge in [0.15, 0.2) is 5.75 Å². The normalized spacial score (nSPS) is 10.5. The second kappa shape index (κ2) is 6.43. The molecule has 0 saturated carbocycles. The molecule has 0 radical (unpaired) electrons. The molecule has 0 bridgehead atoms. The van der Waals surface area contributed by atoms with Crippen molar-refractivity contribution in [1.29, 1.82) is 0 Å². The highest BCUT2D eigenvalue weighted by Gasteiger charge is 2.21. The first-order valence-corrected chi connectivity index (χ1v) is 7.21. The van der Waals surface area contributed by atoms with E-state index in [2.05, 4.69) is 15.9 Å². The summed E-state index contributed by atoms with van der Waals surface area (Å²) in [6, 6.07) is 8.29. The van der Waals surface area contributed by atoms with Gasteiger partial charge < -0.3 is 10.5 Å². The van der Waals surface area contributed by atoms with E-state index >= 15 is 0 Å². The number of benzene rings is 2. The van der Waals surface area contributed by atoms with Crippen LogP contribution >= 0.6 is 27.5 Å². The number of hydrogen-bond donors (Lipinski definition) is 1. The van der Waals surface area contributed by atoms with Crippen LogP contribution in [0.1, 0.15) is 11.1 Å². The number of hydrogen-bond acceptors (Lipinski definition) is 4. The molecular weight excluding hydrogens is 360 g/mol. The standard InChI is InChI=1S/C14H12BrClN2O3/c1-8-5-10(15)6-12(18(19)20)13(8)21-14-9(7-17)3-2-4-11(14)16/h2-6H,7,17H2,1H3. The highest BCUT2D eigenvalue weighted by molar-refractivity contribution is 9.10. The molecule has 2 N–H and O–H groups in total. The van der Waals surface area contributed by atoms with E-state index in [-0.39, 0.29) is 18.0 Å². The van der Waals surface area contributed by atoms with Crippen LogP contribution in [0.5, 0.6) is 11.5 Å². The Morgan fingerprint density at radius 3 is 2.71 bits per heavy atom. The summed E-state index contributed by atoms with van der Waals surface area (Å²) in [5, 5.41) is 11.6. The van der Waals surface area contributed by atoms with E-state index in [1.165, 1.54) is 6.07 Å². The zero-order chi connectivity index (χ0) is 15.6. The van der Waals surface area contributed by atoms with Crippen LogP contribution in [0.2, 0.25) is 5.02 Å². The van der Waals surface area contributed by atoms with Gasteiger partial charge in [-0.2, -0.15) is 0 Å². The van der Waals surface area contributed by atoms with Crippen molar-refractivity contribution in [2.75, 3.05) is 0 Å². The number of para-hydroxylation sites is 1. The summed E-state index contributed by atoms with van der Waals surface area (Å²) in [5.41, 5.74) is 6.82. The summed E-state index contributed by atoms with van der Waals surface area (Å²) in [5.74, 6) is 0.501. The van der Waals surface area contributed by atoms with E-state index in [1.807, 2.05) is 0 Å². The Kier molecular flexibility index (Phi) is 4.82. The molecule has 0 atom stereocenters. The zero-order valence-electron chi connectivity index (χ0n) is 11.1. The summed E-state index contributed by atoms with van der Waals surface area (Å²) in [7, 11) is 0. The predicted molar refractivity (Wildman–Crippen MR) is 85.0 cm³/mol. The Hall–Kier alpha value is -1.63. The van der Waals surface area contributed by atoms with Crippen molar-refractivity contribution in [3.05, 3.63) is 61.1 Å². The average molecular weight is 372 g/mol. The van der Waals surface area contributed by atoms with Crippen molar-refractivity contribution in [3.63, 3.8) is 0 Å². The van der Waals surface area contributed by atoms with Crippen molar-refractivity contribution in [3.8, 4) is 11.5 Å². The Bertz CT molecular complexity index is 707. The van der Waals surface area contributed by atoms with Gasteiger partial charge in [-0.25, -0.2) is 0 Å². The van der Waals surface area contributed by atoms with Gasteiger partial charge in [-0.05, 0) is 24.6 Å². The molecule has 0 unspecified atom stereocenters. The third-order valence-corrected chi connectivity index (χ3v) is 3.64. The van der Waals surface area contributed by atoms with Gasteiger partial charge in [0, 0.05) is 22.6 Å². The lowest BCUT2D eigenvalue weighted by molar-refractivity contribution is -0.385. The van der Waals surface area contributed by atoms with Gasteiger partial charge in [0.05, 0.1) is 9.95 Å². The SMILES string of the molecule is Cc1cc(Br)cc([N+](=O)[O-])c1Oc1c(Cl)cccc1CN. The van der Waals surface area contributed by atoms with Gasteiger partial charge in [0.25, 0.3) is 0 Å². The second-order valence-electron chi connectivity index (χ2n) is 4.36. The number of nitro benzene ring substituents is 1. The van der Waals surface area contributed by atoms with Crippen molar-refractivity contribution in [2.45, 2.75) is 13.5 Å². The van der Waals surface area contributed by atoms with Crippen LogP contribution in [-0.4, -0.2) is 4.92 Å². The Morgan fingerprint density at radius 1 is 1.38 bits per heavy atom. The third-order valence-electron chi connectivity index (χ3n) is 2.89. The fraction of sp³-hybridized carbons (Fsp3) is 0.143. The van der Waals surface area contributed by atoms with Crippen LogP contribution in [0.3, 0.4) is 0 Å². The number of aryl methyl sites for hydroxylation is 1. The third kappa shape index (κ3) is 3.34. The number of halogens is 2. The lowest BCUT2D eigenvalue weighted by Crippen LogP contribution is -2.02. The van der Waals surface area contributed by atoms with E-state index in [0.29, 0.717) is 26.4 Å². The first kappa shape index (κ1) is 15.8. The van der Waals surface area contributed by atoms with Gasteiger partial charge in [0.2, 0.25) is 5.75 Å². The molecule has 0 aromatic heterocycles. The number of nitrogens with zero attached hydrogens (tertiary/aromatic N) is 1. The minimum atomic E-state index is -0.494. The molecule has 0 aliphatic rings. The maximum atomic E-state index is 11.2. The summed E-state index contributed by atoms with van der Waals surface area (Å²) >= 11 is 9.35. The molecular formula is C14H12BrClN2O3. The van der Waals surface area contributed by atoms with Crippen LogP contribution < -0.4 is 10.5 Å². The Morgan fingerprint density at radius 2 is 2.10 bits per heavy atom. The molecule has 21 heavy (non-hydrogen) atoms.